The summed E-state index contributed by atoms with van der Waals surface area (Å²) in [5, 5.41) is 8.18. The highest BCUT2D eigenvalue weighted by Crippen LogP contribution is 2.29. The molecule has 0 bridgehead atoms. The molecular weight excluding hydrogens is 392 g/mol. The van der Waals surface area contributed by atoms with E-state index < -0.39 is 15.9 Å². The van der Waals surface area contributed by atoms with Crippen LogP contribution in [0.1, 0.15) is 25.7 Å². The highest BCUT2D eigenvalue weighted by Gasteiger charge is 2.37. The Kier molecular flexibility index (Phi) is 6.85. The molecule has 150 valence electrons. The van der Waals surface area contributed by atoms with Gasteiger partial charge in [-0.05, 0) is 43.5 Å². The van der Waals surface area contributed by atoms with E-state index in [1.54, 1.807) is 6.07 Å². The molecule has 3 atom stereocenters. The van der Waals surface area contributed by atoms with E-state index in [1.165, 1.54) is 23.1 Å². The third-order valence-corrected chi connectivity index (χ3v) is 6.15. The van der Waals surface area contributed by atoms with E-state index in [2.05, 4.69) is 5.32 Å². The van der Waals surface area contributed by atoms with Crippen molar-refractivity contribution in [2.24, 2.45) is 22.7 Å². The number of sulfonamides is 1. The lowest BCUT2D eigenvalue weighted by Crippen LogP contribution is -2.43. The fourth-order valence-electron chi connectivity index (χ4n) is 3.77. The Hall–Kier alpha value is -1.68. The van der Waals surface area contributed by atoms with Crippen LogP contribution in [0.5, 0.6) is 0 Å². The summed E-state index contributed by atoms with van der Waals surface area (Å²) in [6, 6.07) is 5.96. The number of anilines is 1. The zero-order chi connectivity index (χ0) is 18.9. The van der Waals surface area contributed by atoms with Gasteiger partial charge in [-0.15, -0.1) is 12.4 Å². The molecule has 10 heteroatoms. The van der Waals surface area contributed by atoms with Gasteiger partial charge in [0.1, 0.15) is 0 Å². The smallest absolute Gasteiger partial charge is 0.238 e. The Bertz CT molecular complexity index is 817. The first kappa shape index (κ1) is 21.6. The number of nitrogens with two attached hydrogens (primary N) is 2. The summed E-state index contributed by atoms with van der Waals surface area (Å²) in [5.74, 6) is -0.523. The quantitative estimate of drug-likeness (QED) is 0.636. The van der Waals surface area contributed by atoms with Crippen LogP contribution in [0, 0.1) is 11.8 Å². The molecule has 2 aliphatic rings. The predicted octanol–water partition coefficient (Wildman–Crippen LogP) is 0.352. The monoisotopic (exact) mass is 416 g/mol. The molecule has 2 fully saturated rings. The third kappa shape index (κ3) is 4.78. The average Bonchev–Trinajstić information content (AvgIpc) is 3.20. The van der Waals surface area contributed by atoms with Gasteiger partial charge in [-0.2, -0.15) is 0 Å². The maximum absolute atomic E-state index is 12.6. The summed E-state index contributed by atoms with van der Waals surface area (Å²) in [4.78, 5) is 26.3. The van der Waals surface area contributed by atoms with Gasteiger partial charge in [-0.1, -0.05) is 12.5 Å². The van der Waals surface area contributed by atoms with Gasteiger partial charge in [0.15, 0.2) is 0 Å². The Morgan fingerprint density at radius 1 is 1.30 bits per heavy atom. The number of benzene rings is 1. The predicted molar refractivity (Wildman–Crippen MR) is 104 cm³/mol. The normalized spacial score (nSPS) is 25.3. The van der Waals surface area contributed by atoms with Gasteiger partial charge in [0.05, 0.1) is 10.8 Å². The van der Waals surface area contributed by atoms with E-state index in [1.807, 2.05) is 0 Å². The van der Waals surface area contributed by atoms with Gasteiger partial charge in [-0.25, -0.2) is 13.6 Å². The Labute approximate surface area is 165 Å². The van der Waals surface area contributed by atoms with Crippen molar-refractivity contribution in [2.45, 2.75) is 36.6 Å². The molecule has 1 aliphatic heterocycles. The highest BCUT2D eigenvalue weighted by atomic mass is 35.5. The van der Waals surface area contributed by atoms with Crippen LogP contribution in [0.3, 0.4) is 0 Å². The van der Waals surface area contributed by atoms with Crippen LogP contribution in [0.15, 0.2) is 29.2 Å². The van der Waals surface area contributed by atoms with Crippen LogP contribution in [-0.2, 0) is 19.6 Å². The molecule has 1 saturated carbocycles. The maximum Gasteiger partial charge on any atom is 0.238 e. The molecule has 1 aromatic carbocycles. The molecular formula is C17H25ClN4O4S. The van der Waals surface area contributed by atoms with Gasteiger partial charge >= 0.3 is 0 Å². The maximum atomic E-state index is 12.6. The number of carbonyl (C=O) groups excluding carboxylic acids is 2. The number of hydrogen-bond acceptors (Lipinski definition) is 5. The summed E-state index contributed by atoms with van der Waals surface area (Å²) in [6.45, 7) is 0.764. The summed E-state index contributed by atoms with van der Waals surface area (Å²) >= 11 is 0. The molecule has 0 spiro atoms. The first-order valence-electron chi connectivity index (χ1n) is 8.73. The first-order valence-corrected chi connectivity index (χ1v) is 10.3. The minimum absolute atomic E-state index is 0. The molecule has 0 aromatic heterocycles. The second kappa shape index (κ2) is 8.55. The summed E-state index contributed by atoms with van der Waals surface area (Å²) in [5.41, 5.74) is 6.18. The molecule has 8 nitrogen and oxygen atoms in total. The van der Waals surface area contributed by atoms with E-state index in [0.717, 1.165) is 19.3 Å². The van der Waals surface area contributed by atoms with Crippen molar-refractivity contribution < 1.29 is 18.0 Å². The lowest BCUT2D eigenvalue weighted by Gasteiger charge is -2.22. The van der Waals surface area contributed by atoms with Crippen molar-refractivity contribution in [2.75, 3.05) is 18.0 Å². The lowest BCUT2D eigenvalue weighted by atomic mass is 10.0. The lowest BCUT2D eigenvalue weighted by molar-refractivity contribution is -0.127. The van der Waals surface area contributed by atoms with Crippen molar-refractivity contribution in [1.82, 2.24) is 5.32 Å². The number of nitrogens with one attached hydrogen (secondary N) is 1. The fraction of sp³-hybridized carbons (Fsp3) is 0.529. The zero-order valence-corrected chi connectivity index (χ0v) is 16.5. The van der Waals surface area contributed by atoms with E-state index in [0.29, 0.717) is 18.2 Å². The first-order chi connectivity index (χ1) is 12.3. The molecule has 27 heavy (non-hydrogen) atoms. The second-order valence-corrected chi connectivity index (χ2v) is 8.55. The number of nitrogens with zero attached hydrogens (tertiary/aromatic N) is 1. The fourth-order valence-corrected chi connectivity index (χ4v) is 4.32. The molecule has 1 aromatic rings. The largest absolute Gasteiger partial charge is 0.353 e. The van der Waals surface area contributed by atoms with Gasteiger partial charge in [-0.3, -0.25) is 9.59 Å². The Balaban J connectivity index is 0.00000261. The van der Waals surface area contributed by atoms with Crippen LogP contribution in [0.4, 0.5) is 5.69 Å². The third-order valence-electron chi connectivity index (χ3n) is 5.24. The number of amides is 2. The molecule has 0 radical (unpaired) electrons. The summed E-state index contributed by atoms with van der Waals surface area (Å²) in [7, 11) is -3.86. The van der Waals surface area contributed by atoms with E-state index in [-0.39, 0.29) is 48.1 Å². The Morgan fingerprint density at radius 3 is 2.70 bits per heavy atom. The topological polar surface area (TPSA) is 136 Å². The van der Waals surface area contributed by atoms with Gasteiger partial charge in [0.2, 0.25) is 21.8 Å². The van der Waals surface area contributed by atoms with Gasteiger partial charge in [0.25, 0.3) is 0 Å². The number of hydrogen-bond donors (Lipinski definition) is 3. The van der Waals surface area contributed by atoms with Crippen LogP contribution >= 0.6 is 12.4 Å². The van der Waals surface area contributed by atoms with Crippen LogP contribution in [0.25, 0.3) is 0 Å². The summed E-state index contributed by atoms with van der Waals surface area (Å²) < 4.78 is 23.0. The number of carbonyl (C=O) groups is 2. The van der Waals surface area contributed by atoms with Gasteiger partial charge in [0, 0.05) is 24.7 Å². The van der Waals surface area contributed by atoms with Crippen LogP contribution in [-0.4, -0.2) is 39.4 Å². The average molecular weight is 417 g/mol. The molecule has 1 saturated heterocycles. The molecule has 5 N–H and O–H groups in total. The van der Waals surface area contributed by atoms with Crippen molar-refractivity contribution in [1.29, 1.82) is 0 Å². The van der Waals surface area contributed by atoms with Crippen molar-refractivity contribution in [3.05, 3.63) is 24.3 Å². The molecule has 1 aliphatic carbocycles. The second-order valence-electron chi connectivity index (χ2n) is 6.99. The SMILES string of the molecule is Cl.NCC1CCCC1NC(=O)C1CC(=O)N(c2cccc(S(N)(=O)=O)c2)C1. The van der Waals surface area contributed by atoms with E-state index >= 15 is 0 Å². The minimum atomic E-state index is -3.86. The summed E-state index contributed by atoms with van der Waals surface area (Å²) in [6.07, 6.45) is 3.07. The number of primary sulfonamides is 1. The van der Waals surface area contributed by atoms with Crippen LogP contribution in [0.2, 0.25) is 0 Å². The molecule has 1 heterocycles. The van der Waals surface area contributed by atoms with Crippen LogP contribution < -0.4 is 21.1 Å². The molecule has 3 unspecified atom stereocenters. The van der Waals surface area contributed by atoms with Crippen molar-refractivity contribution in [3.63, 3.8) is 0 Å². The van der Waals surface area contributed by atoms with Gasteiger partial charge < -0.3 is 16.0 Å². The molecule has 3 rings (SSSR count). The highest BCUT2D eigenvalue weighted by molar-refractivity contribution is 7.89. The number of rotatable bonds is 5. The van der Waals surface area contributed by atoms with Crippen molar-refractivity contribution in [3.8, 4) is 0 Å². The number of halogens is 1. The van der Waals surface area contributed by atoms with E-state index in [4.69, 9.17) is 10.9 Å². The molecule has 2 amide bonds. The van der Waals surface area contributed by atoms with Crippen molar-refractivity contribution >= 4 is 39.9 Å². The Morgan fingerprint density at radius 2 is 2.04 bits per heavy atom. The minimum Gasteiger partial charge on any atom is -0.353 e. The van der Waals surface area contributed by atoms with E-state index in [9.17, 15) is 18.0 Å². The standard InChI is InChI=1S/C17H24N4O4S.ClH/c18-9-11-3-1-6-15(11)20-17(23)12-7-16(22)21(10-12)13-4-2-5-14(8-13)26(19,24)25;/h2,4-5,8,11-12,15H,1,3,6-7,9-10,18H2,(H,20,23)(H2,19,24,25);1H. The zero-order valence-electron chi connectivity index (χ0n) is 14.8.